The van der Waals surface area contributed by atoms with E-state index in [-0.39, 0.29) is 6.04 Å². The van der Waals surface area contributed by atoms with Crippen LogP contribution in [0.2, 0.25) is 0 Å². The van der Waals surface area contributed by atoms with E-state index in [1.54, 1.807) is 0 Å². The molecular weight excluding hydrogens is 170 g/mol. The van der Waals surface area contributed by atoms with Crippen molar-refractivity contribution in [3.05, 3.63) is 48.0 Å². The average molecular weight is 189 g/mol. The molecule has 0 saturated carbocycles. The zero-order valence-corrected chi connectivity index (χ0v) is 8.87. The van der Waals surface area contributed by atoms with E-state index in [9.17, 15) is 0 Å². The van der Waals surface area contributed by atoms with Crippen molar-refractivity contribution in [3.63, 3.8) is 0 Å². The smallest absolute Gasteiger partial charge is 0.0297 e. The Labute approximate surface area is 86.6 Å². The summed E-state index contributed by atoms with van der Waals surface area (Å²) in [7, 11) is 0. The second-order valence-corrected chi connectivity index (χ2v) is 3.68. The normalized spacial score (nSPS) is 12.4. The molecule has 0 fully saturated rings. The summed E-state index contributed by atoms with van der Waals surface area (Å²) in [5, 5.41) is 0. The minimum absolute atomic E-state index is 0.177. The van der Waals surface area contributed by atoms with Gasteiger partial charge >= 0.3 is 0 Å². The average Bonchev–Trinajstić information content (AvgIpc) is 2.18. The standard InChI is InChI=1S/C13H19N/c1-3-4-5-10-13(14)12-9-7-6-8-11(12)2/h3,6-9,13H,1,4-5,10,14H2,2H3. The van der Waals surface area contributed by atoms with Gasteiger partial charge in [0.2, 0.25) is 0 Å². The Morgan fingerprint density at radius 3 is 2.79 bits per heavy atom. The van der Waals surface area contributed by atoms with Crippen LogP contribution in [0.5, 0.6) is 0 Å². The molecule has 1 unspecified atom stereocenters. The molecule has 1 heteroatoms. The topological polar surface area (TPSA) is 26.0 Å². The van der Waals surface area contributed by atoms with Crippen LogP contribution in [-0.4, -0.2) is 0 Å². The number of aryl methyl sites for hydroxylation is 1. The van der Waals surface area contributed by atoms with Crippen LogP contribution in [0.25, 0.3) is 0 Å². The first-order valence-corrected chi connectivity index (χ1v) is 5.17. The Balaban J connectivity index is 2.55. The highest BCUT2D eigenvalue weighted by Crippen LogP contribution is 2.19. The van der Waals surface area contributed by atoms with Gasteiger partial charge in [-0.3, -0.25) is 0 Å². The summed E-state index contributed by atoms with van der Waals surface area (Å²) in [6.07, 6.45) is 5.17. The summed E-state index contributed by atoms with van der Waals surface area (Å²) in [6, 6.07) is 8.51. The lowest BCUT2D eigenvalue weighted by molar-refractivity contribution is 0.614. The van der Waals surface area contributed by atoms with Gasteiger partial charge in [-0.25, -0.2) is 0 Å². The molecule has 1 nitrogen and oxygen atoms in total. The monoisotopic (exact) mass is 189 g/mol. The lowest BCUT2D eigenvalue weighted by atomic mass is 9.98. The Morgan fingerprint density at radius 1 is 1.43 bits per heavy atom. The highest BCUT2D eigenvalue weighted by atomic mass is 14.6. The lowest BCUT2D eigenvalue weighted by Gasteiger charge is -2.13. The number of benzene rings is 1. The molecule has 1 aromatic rings. The number of allylic oxidation sites excluding steroid dienone is 1. The molecule has 0 radical (unpaired) electrons. The van der Waals surface area contributed by atoms with Crippen LogP contribution >= 0.6 is 0 Å². The van der Waals surface area contributed by atoms with Gasteiger partial charge in [0.05, 0.1) is 0 Å². The fourth-order valence-corrected chi connectivity index (χ4v) is 1.64. The number of unbranched alkanes of at least 4 members (excludes halogenated alkanes) is 1. The third-order valence-corrected chi connectivity index (χ3v) is 2.51. The highest BCUT2D eigenvalue weighted by Gasteiger charge is 2.06. The van der Waals surface area contributed by atoms with Gasteiger partial charge in [0.1, 0.15) is 0 Å². The zero-order chi connectivity index (χ0) is 10.4. The van der Waals surface area contributed by atoms with Crippen molar-refractivity contribution in [1.29, 1.82) is 0 Å². The second-order valence-electron chi connectivity index (χ2n) is 3.68. The maximum Gasteiger partial charge on any atom is 0.0297 e. The molecule has 0 aliphatic carbocycles. The minimum Gasteiger partial charge on any atom is -0.324 e. The van der Waals surface area contributed by atoms with Crippen molar-refractivity contribution in [2.45, 2.75) is 32.2 Å². The maximum absolute atomic E-state index is 6.10. The first kappa shape index (κ1) is 11.0. The van der Waals surface area contributed by atoms with E-state index in [0.717, 1.165) is 19.3 Å². The van der Waals surface area contributed by atoms with E-state index in [1.807, 2.05) is 6.08 Å². The number of hydrogen-bond acceptors (Lipinski definition) is 1. The SMILES string of the molecule is C=CCCCC(N)c1ccccc1C. The quantitative estimate of drug-likeness (QED) is 0.558. The van der Waals surface area contributed by atoms with E-state index in [4.69, 9.17) is 5.73 Å². The summed E-state index contributed by atoms with van der Waals surface area (Å²) in [5.41, 5.74) is 8.67. The van der Waals surface area contributed by atoms with Crippen molar-refractivity contribution in [1.82, 2.24) is 0 Å². The molecule has 14 heavy (non-hydrogen) atoms. The van der Waals surface area contributed by atoms with Crippen molar-refractivity contribution in [3.8, 4) is 0 Å². The van der Waals surface area contributed by atoms with Gasteiger partial charge in [-0.2, -0.15) is 0 Å². The molecule has 1 atom stereocenters. The van der Waals surface area contributed by atoms with Crippen LogP contribution in [0.1, 0.15) is 36.4 Å². The highest BCUT2D eigenvalue weighted by molar-refractivity contribution is 5.28. The Bertz CT molecular complexity index is 291. The fourth-order valence-electron chi connectivity index (χ4n) is 1.64. The van der Waals surface area contributed by atoms with Crippen LogP contribution < -0.4 is 5.73 Å². The largest absolute Gasteiger partial charge is 0.324 e. The second kappa shape index (κ2) is 5.61. The van der Waals surface area contributed by atoms with Gasteiger partial charge in [0, 0.05) is 6.04 Å². The predicted molar refractivity (Wildman–Crippen MR) is 62.2 cm³/mol. The minimum atomic E-state index is 0.177. The molecule has 0 saturated heterocycles. The Hall–Kier alpha value is -1.08. The Morgan fingerprint density at radius 2 is 2.14 bits per heavy atom. The van der Waals surface area contributed by atoms with Gasteiger partial charge in [-0.05, 0) is 37.3 Å². The van der Waals surface area contributed by atoms with Crippen LogP contribution in [-0.2, 0) is 0 Å². The molecule has 1 aromatic carbocycles. The summed E-state index contributed by atoms with van der Waals surface area (Å²) in [5.74, 6) is 0. The summed E-state index contributed by atoms with van der Waals surface area (Å²) in [4.78, 5) is 0. The summed E-state index contributed by atoms with van der Waals surface area (Å²) < 4.78 is 0. The summed E-state index contributed by atoms with van der Waals surface area (Å²) >= 11 is 0. The molecule has 0 spiro atoms. The van der Waals surface area contributed by atoms with Gasteiger partial charge in [-0.15, -0.1) is 6.58 Å². The molecule has 0 aromatic heterocycles. The maximum atomic E-state index is 6.10. The first-order valence-electron chi connectivity index (χ1n) is 5.17. The van der Waals surface area contributed by atoms with E-state index >= 15 is 0 Å². The van der Waals surface area contributed by atoms with Gasteiger partial charge in [0.15, 0.2) is 0 Å². The van der Waals surface area contributed by atoms with Crippen LogP contribution in [0.15, 0.2) is 36.9 Å². The van der Waals surface area contributed by atoms with Crippen molar-refractivity contribution >= 4 is 0 Å². The lowest BCUT2D eigenvalue weighted by Crippen LogP contribution is -2.11. The van der Waals surface area contributed by atoms with Crippen LogP contribution in [0, 0.1) is 6.92 Å². The predicted octanol–water partition coefficient (Wildman–Crippen LogP) is 3.35. The van der Waals surface area contributed by atoms with E-state index in [0.29, 0.717) is 0 Å². The fraction of sp³-hybridized carbons (Fsp3) is 0.385. The molecule has 2 N–H and O–H groups in total. The molecule has 76 valence electrons. The molecular formula is C13H19N. The van der Waals surface area contributed by atoms with E-state index in [1.165, 1.54) is 11.1 Å². The zero-order valence-electron chi connectivity index (χ0n) is 8.87. The molecule has 0 aliphatic rings. The van der Waals surface area contributed by atoms with Gasteiger partial charge in [-0.1, -0.05) is 30.3 Å². The molecule has 0 heterocycles. The van der Waals surface area contributed by atoms with Crippen molar-refractivity contribution < 1.29 is 0 Å². The first-order chi connectivity index (χ1) is 6.75. The molecule has 0 amide bonds. The third-order valence-electron chi connectivity index (χ3n) is 2.51. The van der Waals surface area contributed by atoms with Gasteiger partial charge < -0.3 is 5.73 Å². The Kier molecular flexibility index (Phi) is 4.41. The number of hydrogen-bond donors (Lipinski definition) is 1. The van der Waals surface area contributed by atoms with Crippen LogP contribution in [0.3, 0.4) is 0 Å². The molecule has 0 aliphatic heterocycles. The molecule has 1 rings (SSSR count). The van der Waals surface area contributed by atoms with Crippen LogP contribution in [0.4, 0.5) is 0 Å². The number of rotatable bonds is 5. The van der Waals surface area contributed by atoms with E-state index in [2.05, 4.69) is 37.8 Å². The molecule has 0 bridgehead atoms. The van der Waals surface area contributed by atoms with E-state index < -0.39 is 0 Å². The van der Waals surface area contributed by atoms with Gasteiger partial charge in [0.25, 0.3) is 0 Å². The number of nitrogens with two attached hydrogens (primary N) is 1. The third kappa shape index (κ3) is 3.00. The van der Waals surface area contributed by atoms with Crippen molar-refractivity contribution in [2.24, 2.45) is 5.73 Å². The summed E-state index contributed by atoms with van der Waals surface area (Å²) in [6.45, 7) is 5.82. The van der Waals surface area contributed by atoms with Crippen molar-refractivity contribution in [2.75, 3.05) is 0 Å².